The van der Waals surface area contributed by atoms with Gasteiger partial charge in [0, 0.05) is 31.8 Å². The van der Waals surface area contributed by atoms with Gasteiger partial charge in [-0.25, -0.2) is 4.79 Å². The first-order valence-electron chi connectivity index (χ1n) is 9.93. The molecule has 6 heteroatoms. The first kappa shape index (κ1) is 18.3. The minimum Gasteiger partial charge on any atom is -0.445 e. The summed E-state index contributed by atoms with van der Waals surface area (Å²) in [6.45, 7) is 6.29. The smallest absolute Gasteiger partial charge is 0.410 e. The van der Waals surface area contributed by atoms with E-state index >= 15 is 0 Å². The lowest BCUT2D eigenvalue weighted by Crippen LogP contribution is -2.65. The number of likely N-dealkylation sites (tertiary alicyclic amines) is 1. The maximum atomic E-state index is 12.7. The van der Waals surface area contributed by atoms with Gasteiger partial charge in [0.25, 0.3) is 0 Å². The number of hydrogen-bond donors (Lipinski definition) is 0. The molecule has 3 heterocycles. The number of carbonyl (C=O) groups is 2. The Morgan fingerprint density at radius 3 is 2.85 bits per heavy atom. The summed E-state index contributed by atoms with van der Waals surface area (Å²) >= 11 is 0. The minimum absolute atomic E-state index is 0.136. The Kier molecular flexibility index (Phi) is 4.84. The number of rotatable bonds is 3. The predicted molar refractivity (Wildman–Crippen MR) is 99.7 cm³/mol. The van der Waals surface area contributed by atoms with E-state index in [1.807, 2.05) is 35.2 Å². The molecule has 0 aromatic heterocycles. The number of benzene rings is 1. The van der Waals surface area contributed by atoms with E-state index in [2.05, 4.69) is 13.8 Å². The highest BCUT2D eigenvalue weighted by atomic mass is 16.6. The Labute approximate surface area is 160 Å². The molecule has 3 aliphatic rings. The Bertz CT molecular complexity index is 707. The van der Waals surface area contributed by atoms with Gasteiger partial charge in [-0.1, -0.05) is 44.2 Å². The summed E-state index contributed by atoms with van der Waals surface area (Å²) < 4.78 is 11.8. The van der Waals surface area contributed by atoms with Crippen LogP contribution in [0.4, 0.5) is 4.79 Å². The number of piperidine rings is 2. The molecule has 0 bridgehead atoms. The van der Waals surface area contributed by atoms with Crippen LogP contribution >= 0.6 is 0 Å². The third-order valence-corrected chi connectivity index (χ3v) is 6.27. The van der Waals surface area contributed by atoms with Crippen molar-refractivity contribution in [3.63, 3.8) is 0 Å². The minimum atomic E-state index is -0.527. The number of amides is 2. The van der Waals surface area contributed by atoms with Crippen LogP contribution in [-0.4, -0.2) is 53.3 Å². The summed E-state index contributed by atoms with van der Waals surface area (Å²) in [6, 6.07) is 9.84. The highest BCUT2D eigenvalue weighted by Crippen LogP contribution is 2.47. The lowest BCUT2D eigenvalue weighted by molar-refractivity contribution is -0.190. The van der Waals surface area contributed by atoms with Crippen LogP contribution in [0.25, 0.3) is 0 Å². The highest BCUT2D eigenvalue weighted by molar-refractivity contribution is 5.79. The van der Waals surface area contributed by atoms with Crippen LogP contribution in [0.2, 0.25) is 0 Å². The highest BCUT2D eigenvalue weighted by Gasteiger charge is 2.59. The maximum absolute atomic E-state index is 12.7. The van der Waals surface area contributed by atoms with Gasteiger partial charge in [-0.3, -0.25) is 4.79 Å². The normalized spacial score (nSPS) is 30.3. The molecule has 0 saturated carbocycles. The summed E-state index contributed by atoms with van der Waals surface area (Å²) in [7, 11) is 0. The Balaban J connectivity index is 1.43. The first-order valence-corrected chi connectivity index (χ1v) is 9.93. The fourth-order valence-corrected chi connectivity index (χ4v) is 4.76. The summed E-state index contributed by atoms with van der Waals surface area (Å²) in [4.78, 5) is 29.0. The van der Waals surface area contributed by atoms with Crippen LogP contribution in [0.15, 0.2) is 30.3 Å². The van der Waals surface area contributed by atoms with Crippen molar-refractivity contribution in [1.82, 2.24) is 9.80 Å². The average Bonchev–Trinajstić information content (AvgIpc) is 3.07. The van der Waals surface area contributed by atoms with E-state index in [1.165, 1.54) is 0 Å². The largest absolute Gasteiger partial charge is 0.445 e. The van der Waals surface area contributed by atoms with Gasteiger partial charge >= 0.3 is 6.09 Å². The van der Waals surface area contributed by atoms with Crippen LogP contribution in [0.3, 0.4) is 0 Å². The van der Waals surface area contributed by atoms with Gasteiger partial charge < -0.3 is 19.3 Å². The van der Waals surface area contributed by atoms with Crippen molar-refractivity contribution in [2.24, 2.45) is 11.8 Å². The molecule has 2 amide bonds. The summed E-state index contributed by atoms with van der Waals surface area (Å²) in [5.74, 6) is 0.709. The molecule has 27 heavy (non-hydrogen) atoms. The molecule has 3 aliphatic heterocycles. The molecule has 1 spiro atoms. The summed E-state index contributed by atoms with van der Waals surface area (Å²) in [5.41, 5.74) is 0.452. The van der Waals surface area contributed by atoms with Gasteiger partial charge in [0.1, 0.15) is 12.3 Å². The molecule has 4 rings (SSSR count). The van der Waals surface area contributed by atoms with Gasteiger partial charge in [-0.2, -0.15) is 0 Å². The lowest BCUT2D eigenvalue weighted by atomic mass is 9.79. The monoisotopic (exact) mass is 372 g/mol. The molecule has 1 aromatic carbocycles. The van der Waals surface area contributed by atoms with E-state index in [0.29, 0.717) is 38.5 Å². The van der Waals surface area contributed by atoms with E-state index < -0.39 is 5.72 Å². The van der Waals surface area contributed by atoms with E-state index in [4.69, 9.17) is 9.47 Å². The molecule has 6 nitrogen and oxygen atoms in total. The lowest BCUT2D eigenvalue weighted by Gasteiger charge is -2.52. The average molecular weight is 372 g/mol. The topological polar surface area (TPSA) is 59.1 Å². The molecule has 3 fully saturated rings. The van der Waals surface area contributed by atoms with Crippen molar-refractivity contribution in [3.05, 3.63) is 35.9 Å². The van der Waals surface area contributed by atoms with E-state index in [9.17, 15) is 9.59 Å². The summed E-state index contributed by atoms with van der Waals surface area (Å²) in [6.07, 6.45) is 1.68. The zero-order valence-electron chi connectivity index (χ0n) is 16.1. The molecular formula is C21H28N2O4. The molecule has 146 valence electrons. The predicted octanol–water partition coefficient (Wildman–Crippen LogP) is 3.02. The molecule has 0 aliphatic carbocycles. The van der Waals surface area contributed by atoms with E-state index in [-0.39, 0.29) is 30.6 Å². The maximum Gasteiger partial charge on any atom is 0.410 e. The van der Waals surface area contributed by atoms with E-state index in [0.717, 1.165) is 12.0 Å². The molecule has 0 radical (unpaired) electrons. The molecule has 0 unspecified atom stereocenters. The van der Waals surface area contributed by atoms with Crippen molar-refractivity contribution in [2.75, 3.05) is 19.7 Å². The van der Waals surface area contributed by atoms with Crippen LogP contribution in [0, 0.1) is 11.8 Å². The van der Waals surface area contributed by atoms with Gasteiger partial charge in [0.2, 0.25) is 5.91 Å². The molecule has 0 N–H and O–H groups in total. The number of ether oxygens (including phenoxy) is 2. The van der Waals surface area contributed by atoms with Crippen molar-refractivity contribution < 1.29 is 19.1 Å². The fraction of sp³-hybridized carbons (Fsp3) is 0.619. The Hall–Kier alpha value is -2.08. The first-order chi connectivity index (χ1) is 13.0. The molecule has 1 aromatic rings. The third kappa shape index (κ3) is 3.20. The third-order valence-electron chi connectivity index (χ3n) is 6.27. The van der Waals surface area contributed by atoms with Gasteiger partial charge in [-0.15, -0.1) is 0 Å². The number of hydrogen-bond acceptors (Lipinski definition) is 4. The second-order valence-electron chi connectivity index (χ2n) is 8.20. The summed E-state index contributed by atoms with van der Waals surface area (Å²) in [5, 5.41) is 0. The Morgan fingerprint density at radius 2 is 2.11 bits per heavy atom. The van der Waals surface area contributed by atoms with Crippen molar-refractivity contribution in [3.8, 4) is 0 Å². The Morgan fingerprint density at radius 1 is 1.33 bits per heavy atom. The van der Waals surface area contributed by atoms with E-state index in [1.54, 1.807) is 4.90 Å². The van der Waals surface area contributed by atoms with Crippen molar-refractivity contribution in [1.29, 1.82) is 0 Å². The van der Waals surface area contributed by atoms with Crippen LogP contribution in [-0.2, 0) is 20.9 Å². The van der Waals surface area contributed by atoms with Crippen LogP contribution in [0.1, 0.15) is 38.7 Å². The van der Waals surface area contributed by atoms with Gasteiger partial charge in [-0.05, 0) is 17.9 Å². The number of carbonyl (C=O) groups excluding carboxylic acids is 2. The zero-order chi connectivity index (χ0) is 19.0. The molecular weight excluding hydrogens is 344 g/mol. The van der Waals surface area contributed by atoms with Crippen molar-refractivity contribution >= 4 is 12.0 Å². The second kappa shape index (κ2) is 7.15. The second-order valence-corrected chi connectivity index (χ2v) is 8.20. The standard InChI is InChI=1S/C21H28N2O4/c1-15(2)18-14-27-21-10-11-22(12-17(21)8-9-19(24)23(18)21)20(25)26-13-16-6-4-3-5-7-16/h3-7,15,17-18H,8-14H2,1-2H3/t17-,18-,21-/m1/s1. The molecule has 3 atom stereocenters. The van der Waals surface area contributed by atoms with Crippen LogP contribution < -0.4 is 0 Å². The zero-order valence-corrected chi connectivity index (χ0v) is 16.1. The number of nitrogens with zero attached hydrogens (tertiary/aromatic N) is 2. The fourth-order valence-electron chi connectivity index (χ4n) is 4.76. The molecule has 3 saturated heterocycles. The van der Waals surface area contributed by atoms with Crippen molar-refractivity contribution in [2.45, 2.75) is 51.5 Å². The quantitative estimate of drug-likeness (QED) is 0.818. The van der Waals surface area contributed by atoms with Gasteiger partial charge in [0.15, 0.2) is 0 Å². The SMILES string of the molecule is CC(C)[C@H]1CO[C@]23CCN(C(=O)OCc4ccccc4)C[C@H]2CCC(=O)N13. The van der Waals surface area contributed by atoms with Crippen LogP contribution in [0.5, 0.6) is 0 Å². The van der Waals surface area contributed by atoms with Gasteiger partial charge in [0.05, 0.1) is 12.6 Å².